The number of oxime groups is 1. The van der Waals surface area contributed by atoms with Gasteiger partial charge in [0.05, 0.1) is 22.7 Å². The molecule has 0 N–H and O–H groups in total. The van der Waals surface area contributed by atoms with Crippen molar-refractivity contribution >= 4 is 39.7 Å². The molecule has 8 nitrogen and oxygen atoms in total. The second-order valence-corrected chi connectivity index (χ2v) is 7.35. The lowest BCUT2D eigenvalue weighted by Gasteiger charge is -2.19. The molecule has 8 heteroatoms. The highest BCUT2D eigenvalue weighted by atomic mass is 16.7. The van der Waals surface area contributed by atoms with Gasteiger partial charge in [-0.3, -0.25) is 19.7 Å². The maximum absolute atomic E-state index is 13.2. The van der Waals surface area contributed by atoms with E-state index in [9.17, 15) is 19.7 Å². The zero-order valence-electron chi connectivity index (χ0n) is 15.6. The van der Waals surface area contributed by atoms with Crippen LogP contribution in [0, 0.1) is 10.1 Å². The topological polar surface area (TPSA) is 102 Å². The highest BCUT2D eigenvalue weighted by molar-refractivity contribution is 6.26. The molecule has 0 radical (unpaired) electrons. The van der Waals surface area contributed by atoms with Crippen LogP contribution in [0.1, 0.15) is 18.4 Å². The Morgan fingerprint density at radius 1 is 0.967 bits per heavy atom. The summed E-state index contributed by atoms with van der Waals surface area (Å²) < 4.78 is 0. The van der Waals surface area contributed by atoms with E-state index in [4.69, 9.17) is 4.84 Å². The van der Waals surface area contributed by atoms with Crippen molar-refractivity contribution in [3.05, 3.63) is 82.4 Å². The SMILES string of the molecule is O=C1C[C@]2(CC(c3cccc([N+](=O)[O-])c3)=NO2)C(=O)N1c1ccc2ccccc2c1. The molecule has 0 aliphatic carbocycles. The van der Waals surface area contributed by atoms with Crippen molar-refractivity contribution in [3.8, 4) is 0 Å². The van der Waals surface area contributed by atoms with Crippen LogP contribution >= 0.6 is 0 Å². The summed E-state index contributed by atoms with van der Waals surface area (Å²) in [6.45, 7) is 0. The fourth-order valence-electron chi connectivity index (χ4n) is 3.93. The van der Waals surface area contributed by atoms with Gasteiger partial charge < -0.3 is 4.84 Å². The van der Waals surface area contributed by atoms with Crippen LogP contribution in [0.15, 0.2) is 71.9 Å². The molecule has 1 spiro atoms. The highest BCUT2D eigenvalue weighted by Crippen LogP contribution is 2.40. The smallest absolute Gasteiger partial charge is 0.281 e. The molecule has 2 aliphatic heterocycles. The van der Waals surface area contributed by atoms with Gasteiger partial charge in [-0.05, 0) is 22.9 Å². The van der Waals surface area contributed by atoms with Crippen LogP contribution in [0.5, 0.6) is 0 Å². The van der Waals surface area contributed by atoms with Gasteiger partial charge in [-0.1, -0.05) is 47.6 Å². The molecule has 2 amide bonds. The first kappa shape index (κ1) is 18.0. The van der Waals surface area contributed by atoms with Crippen molar-refractivity contribution in [1.29, 1.82) is 0 Å². The number of nitro groups is 1. The average molecular weight is 401 g/mol. The van der Waals surface area contributed by atoms with Crippen LogP contribution in [0.3, 0.4) is 0 Å². The number of non-ortho nitro benzene ring substituents is 1. The van der Waals surface area contributed by atoms with Crippen LogP contribution < -0.4 is 4.90 Å². The average Bonchev–Trinajstić information content (AvgIpc) is 3.29. The first-order valence-electron chi connectivity index (χ1n) is 9.33. The minimum atomic E-state index is -1.41. The summed E-state index contributed by atoms with van der Waals surface area (Å²) >= 11 is 0. The summed E-state index contributed by atoms with van der Waals surface area (Å²) in [4.78, 5) is 43.2. The Hall–Kier alpha value is -4.07. The lowest BCUT2D eigenvalue weighted by Crippen LogP contribution is -2.40. The molecule has 0 unspecified atom stereocenters. The number of fused-ring (bicyclic) bond motifs is 1. The van der Waals surface area contributed by atoms with Gasteiger partial charge in [0.15, 0.2) is 0 Å². The molecule has 1 atom stereocenters. The summed E-state index contributed by atoms with van der Waals surface area (Å²) in [5.41, 5.74) is -0.121. The number of carbonyl (C=O) groups excluding carboxylic acids is 2. The zero-order valence-corrected chi connectivity index (χ0v) is 15.6. The molecule has 2 heterocycles. The lowest BCUT2D eigenvalue weighted by atomic mass is 9.92. The van der Waals surface area contributed by atoms with Gasteiger partial charge in [-0.2, -0.15) is 0 Å². The van der Waals surface area contributed by atoms with Crippen LogP contribution in [-0.2, 0) is 14.4 Å². The molecule has 0 saturated carbocycles. The van der Waals surface area contributed by atoms with E-state index in [1.807, 2.05) is 30.3 Å². The van der Waals surface area contributed by atoms with Gasteiger partial charge in [0, 0.05) is 24.1 Å². The molecule has 148 valence electrons. The number of benzene rings is 3. The Bertz CT molecular complexity index is 1270. The largest absolute Gasteiger partial charge is 0.378 e. The van der Waals surface area contributed by atoms with Crippen molar-refractivity contribution in [2.75, 3.05) is 4.90 Å². The number of nitro benzene ring substituents is 1. The van der Waals surface area contributed by atoms with Gasteiger partial charge in [0.25, 0.3) is 11.6 Å². The molecule has 1 saturated heterocycles. The Morgan fingerprint density at radius 3 is 2.57 bits per heavy atom. The van der Waals surface area contributed by atoms with Crippen molar-refractivity contribution in [2.45, 2.75) is 18.4 Å². The van der Waals surface area contributed by atoms with Gasteiger partial charge in [-0.15, -0.1) is 0 Å². The summed E-state index contributed by atoms with van der Waals surface area (Å²) in [5.74, 6) is -0.849. The molecule has 0 bridgehead atoms. The quantitative estimate of drug-likeness (QED) is 0.379. The number of carbonyl (C=O) groups is 2. The van der Waals surface area contributed by atoms with Gasteiger partial charge >= 0.3 is 0 Å². The van der Waals surface area contributed by atoms with Gasteiger partial charge in [0.2, 0.25) is 11.5 Å². The third-order valence-corrected chi connectivity index (χ3v) is 5.44. The maximum Gasteiger partial charge on any atom is 0.281 e. The van der Waals surface area contributed by atoms with Crippen molar-refractivity contribution < 1.29 is 19.3 Å². The predicted octanol–water partition coefficient (Wildman–Crippen LogP) is 3.57. The minimum absolute atomic E-state index is 0.0722. The van der Waals surface area contributed by atoms with E-state index in [0.29, 0.717) is 17.0 Å². The second-order valence-electron chi connectivity index (χ2n) is 7.35. The number of anilines is 1. The van der Waals surface area contributed by atoms with E-state index in [1.54, 1.807) is 24.3 Å². The molecule has 3 aromatic rings. The highest BCUT2D eigenvalue weighted by Gasteiger charge is 2.58. The summed E-state index contributed by atoms with van der Waals surface area (Å²) in [6.07, 6.45) is -0.0661. The van der Waals surface area contributed by atoms with E-state index < -0.39 is 16.4 Å². The fraction of sp³-hybridized carbons (Fsp3) is 0.136. The molecule has 3 aromatic carbocycles. The van der Waals surface area contributed by atoms with Crippen molar-refractivity contribution in [3.63, 3.8) is 0 Å². The molecular weight excluding hydrogens is 386 g/mol. The summed E-state index contributed by atoms with van der Waals surface area (Å²) in [7, 11) is 0. The third kappa shape index (κ3) is 2.73. The number of imide groups is 1. The zero-order chi connectivity index (χ0) is 20.9. The molecular formula is C22H15N3O5. The van der Waals surface area contributed by atoms with Crippen molar-refractivity contribution in [2.24, 2.45) is 5.16 Å². The predicted molar refractivity (Wildman–Crippen MR) is 109 cm³/mol. The van der Waals surface area contributed by atoms with Crippen LogP contribution in [0.25, 0.3) is 10.8 Å². The van der Waals surface area contributed by atoms with E-state index in [-0.39, 0.29) is 24.4 Å². The number of hydrogen-bond donors (Lipinski definition) is 0. The Kier molecular flexibility index (Phi) is 3.89. The molecule has 2 aliphatic rings. The second kappa shape index (κ2) is 6.48. The molecule has 30 heavy (non-hydrogen) atoms. The Labute approximate surface area is 170 Å². The van der Waals surface area contributed by atoms with Crippen LogP contribution in [0.2, 0.25) is 0 Å². The van der Waals surface area contributed by atoms with Crippen LogP contribution in [-0.4, -0.2) is 28.1 Å². The summed E-state index contributed by atoms with van der Waals surface area (Å²) in [5, 5.41) is 17.0. The van der Waals surface area contributed by atoms with E-state index >= 15 is 0 Å². The van der Waals surface area contributed by atoms with Crippen LogP contribution in [0.4, 0.5) is 11.4 Å². The number of hydrogen-bond acceptors (Lipinski definition) is 6. The van der Waals surface area contributed by atoms with E-state index in [1.165, 1.54) is 12.1 Å². The minimum Gasteiger partial charge on any atom is -0.378 e. The van der Waals surface area contributed by atoms with E-state index in [0.717, 1.165) is 15.7 Å². The van der Waals surface area contributed by atoms with Gasteiger partial charge in [0.1, 0.15) is 0 Å². The van der Waals surface area contributed by atoms with Crippen molar-refractivity contribution in [1.82, 2.24) is 0 Å². The fourth-order valence-corrected chi connectivity index (χ4v) is 3.93. The number of rotatable bonds is 3. The first-order valence-corrected chi connectivity index (χ1v) is 9.33. The Balaban J connectivity index is 1.44. The maximum atomic E-state index is 13.2. The normalized spacial score (nSPS) is 20.7. The monoisotopic (exact) mass is 401 g/mol. The number of amides is 2. The lowest BCUT2D eigenvalue weighted by molar-refractivity contribution is -0.384. The summed E-state index contributed by atoms with van der Waals surface area (Å²) in [6, 6.07) is 19.0. The molecule has 5 rings (SSSR count). The van der Waals surface area contributed by atoms with E-state index in [2.05, 4.69) is 5.16 Å². The first-order chi connectivity index (χ1) is 14.5. The number of nitrogens with zero attached hydrogens (tertiary/aromatic N) is 3. The third-order valence-electron chi connectivity index (χ3n) is 5.44. The standard InChI is InChI=1S/C22H15N3O5/c26-20-13-22(12-19(23-30-22)16-6-3-7-18(11-16)25(28)29)21(27)24(20)17-9-8-14-4-1-2-5-15(14)10-17/h1-11H,12-13H2/t22-/m1/s1. The molecule has 0 aromatic heterocycles. The molecule has 1 fully saturated rings. The van der Waals surface area contributed by atoms with Gasteiger partial charge in [-0.25, -0.2) is 4.90 Å². The Morgan fingerprint density at radius 2 is 1.77 bits per heavy atom.